The van der Waals surface area contributed by atoms with Crippen molar-refractivity contribution in [2.75, 3.05) is 46.4 Å². The maximum atomic E-state index is 12.4. The quantitative estimate of drug-likeness (QED) is 0.812. The highest BCUT2D eigenvalue weighted by molar-refractivity contribution is 5.75. The van der Waals surface area contributed by atoms with Crippen LogP contribution >= 0.6 is 0 Å². The van der Waals surface area contributed by atoms with Crippen LogP contribution in [0, 0.1) is 0 Å². The van der Waals surface area contributed by atoms with Crippen LogP contribution in [0.15, 0.2) is 0 Å². The van der Waals surface area contributed by atoms with Crippen LogP contribution in [0.4, 0.5) is 4.79 Å². The summed E-state index contributed by atoms with van der Waals surface area (Å²) in [5.41, 5.74) is 0. The van der Waals surface area contributed by atoms with Gasteiger partial charge in [0.05, 0.1) is 6.10 Å². The summed E-state index contributed by atoms with van der Waals surface area (Å²) in [4.78, 5) is 29.0. The molecule has 1 unspecified atom stereocenters. The van der Waals surface area contributed by atoms with Crippen molar-refractivity contribution in [1.29, 1.82) is 0 Å². The Hall–Kier alpha value is -1.34. The number of urea groups is 1. The third kappa shape index (κ3) is 3.85. The molecule has 0 radical (unpaired) electrons. The molecule has 7 heteroatoms. The molecule has 21 heavy (non-hydrogen) atoms. The lowest BCUT2D eigenvalue weighted by atomic mass is 10.1. The van der Waals surface area contributed by atoms with E-state index in [1.807, 2.05) is 14.7 Å². The van der Waals surface area contributed by atoms with E-state index < -0.39 is 12.0 Å². The van der Waals surface area contributed by atoms with Crippen LogP contribution in [0.1, 0.15) is 19.8 Å². The van der Waals surface area contributed by atoms with Crippen LogP contribution < -0.4 is 0 Å². The Morgan fingerprint density at radius 2 is 1.57 bits per heavy atom. The lowest BCUT2D eigenvalue weighted by Crippen LogP contribution is -2.56. The molecule has 2 heterocycles. The number of amides is 2. The summed E-state index contributed by atoms with van der Waals surface area (Å²) in [6.07, 6.45) is 2.04. The van der Waals surface area contributed by atoms with Crippen molar-refractivity contribution in [2.24, 2.45) is 0 Å². The second-order valence-electron chi connectivity index (χ2n) is 5.74. The first-order chi connectivity index (χ1) is 10.0. The standard InChI is InChI=1S/C14H25N3O4/c1-11(13(18)19)15-7-9-17(10-8-15)14(20)16-5-3-12(21-2)4-6-16/h11-12H,3-10H2,1-2H3,(H,18,19). The van der Waals surface area contributed by atoms with Gasteiger partial charge in [0, 0.05) is 46.4 Å². The molecule has 2 rings (SSSR count). The number of rotatable bonds is 3. The van der Waals surface area contributed by atoms with Gasteiger partial charge < -0.3 is 19.6 Å². The lowest BCUT2D eigenvalue weighted by molar-refractivity contribution is -0.143. The van der Waals surface area contributed by atoms with Gasteiger partial charge in [-0.3, -0.25) is 9.69 Å². The Labute approximate surface area is 125 Å². The molecule has 0 aromatic heterocycles. The molecule has 1 atom stereocenters. The minimum absolute atomic E-state index is 0.0761. The molecule has 0 saturated carbocycles. The maximum absolute atomic E-state index is 12.4. The largest absolute Gasteiger partial charge is 0.480 e. The number of likely N-dealkylation sites (tertiary alicyclic amines) is 1. The van der Waals surface area contributed by atoms with Crippen molar-refractivity contribution in [3.05, 3.63) is 0 Å². The first-order valence-corrected chi connectivity index (χ1v) is 7.56. The average Bonchev–Trinajstić information content (AvgIpc) is 2.53. The van der Waals surface area contributed by atoms with Crippen LogP contribution in [0.25, 0.3) is 0 Å². The summed E-state index contributed by atoms with van der Waals surface area (Å²) in [7, 11) is 1.71. The zero-order chi connectivity index (χ0) is 15.4. The molecule has 0 bridgehead atoms. The fraction of sp³-hybridized carbons (Fsp3) is 0.857. The number of hydrogen-bond donors (Lipinski definition) is 1. The average molecular weight is 299 g/mol. The number of carbonyl (C=O) groups is 2. The van der Waals surface area contributed by atoms with E-state index in [2.05, 4.69) is 0 Å². The second-order valence-corrected chi connectivity index (χ2v) is 5.74. The molecule has 2 aliphatic heterocycles. The van der Waals surface area contributed by atoms with E-state index in [1.165, 1.54) is 0 Å². The third-order valence-corrected chi connectivity index (χ3v) is 4.54. The highest BCUT2D eigenvalue weighted by Gasteiger charge is 2.30. The van der Waals surface area contributed by atoms with Gasteiger partial charge in [0.1, 0.15) is 6.04 Å². The van der Waals surface area contributed by atoms with E-state index in [0.717, 1.165) is 25.9 Å². The summed E-state index contributed by atoms with van der Waals surface area (Å²) >= 11 is 0. The molecule has 1 N–H and O–H groups in total. The topological polar surface area (TPSA) is 73.3 Å². The van der Waals surface area contributed by atoms with Gasteiger partial charge >= 0.3 is 12.0 Å². The summed E-state index contributed by atoms with van der Waals surface area (Å²) < 4.78 is 5.31. The highest BCUT2D eigenvalue weighted by atomic mass is 16.5. The van der Waals surface area contributed by atoms with Crippen molar-refractivity contribution in [1.82, 2.24) is 14.7 Å². The normalized spacial score (nSPS) is 23.1. The van der Waals surface area contributed by atoms with Crippen molar-refractivity contribution >= 4 is 12.0 Å². The van der Waals surface area contributed by atoms with Crippen molar-refractivity contribution in [2.45, 2.75) is 31.9 Å². The van der Waals surface area contributed by atoms with E-state index in [0.29, 0.717) is 26.2 Å². The van der Waals surface area contributed by atoms with E-state index >= 15 is 0 Å². The number of hydrogen-bond acceptors (Lipinski definition) is 4. The number of methoxy groups -OCH3 is 1. The molecule has 120 valence electrons. The van der Waals surface area contributed by atoms with Gasteiger partial charge in [-0.15, -0.1) is 0 Å². The van der Waals surface area contributed by atoms with Gasteiger partial charge in [0.2, 0.25) is 0 Å². The van der Waals surface area contributed by atoms with E-state index in [1.54, 1.807) is 14.0 Å². The lowest BCUT2D eigenvalue weighted by Gasteiger charge is -2.40. The van der Waals surface area contributed by atoms with Gasteiger partial charge in [-0.1, -0.05) is 0 Å². The summed E-state index contributed by atoms with van der Waals surface area (Å²) in [5, 5.41) is 9.02. The first-order valence-electron chi connectivity index (χ1n) is 7.56. The molecule has 2 aliphatic rings. The number of nitrogens with zero attached hydrogens (tertiary/aromatic N) is 3. The minimum Gasteiger partial charge on any atom is -0.480 e. The molecule has 2 saturated heterocycles. The van der Waals surface area contributed by atoms with Crippen LogP contribution in [0.3, 0.4) is 0 Å². The van der Waals surface area contributed by atoms with Gasteiger partial charge in [-0.2, -0.15) is 0 Å². The number of ether oxygens (including phenoxy) is 1. The molecule has 0 aromatic carbocycles. The number of carbonyl (C=O) groups excluding carboxylic acids is 1. The Kier molecular flexibility index (Phi) is 5.41. The molecule has 0 spiro atoms. The maximum Gasteiger partial charge on any atom is 0.320 e. The Morgan fingerprint density at radius 3 is 2.05 bits per heavy atom. The number of piperazine rings is 1. The summed E-state index contributed by atoms with van der Waals surface area (Å²) in [6.45, 7) is 5.60. The highest BCUT2D eigenvalue weighted by Crippen LogP contribution is 2.16. The van der Waals surface area contributed by atoms with Crippen molar-refractivity contribution < 1.29 is 19.4 Å². The Bertz CT molecular complexity index is 374. The van der Waals surface area contributed by atoms with E-state index in [-0.39, 0.29) is 12.1 Å². The van der Waals surface area contributed by atoms with Gasteiger partial charge in [0.25, 0.3) is 0 Å². The van der Waals surface area contributed by atoms with Gasteiger partial charge in [-0.25, -0.2) is 4.79 Å². The fourth-order valence-electron chi connectivity index (χ4n) is 2.94. The molecule has 0 aliphatic carbocycles. The molecular formula is C14H25N3O4. The number of carboxylic acid groups (broad SMARTS) is 1. The minimum atomic E-state index is -0.809. The molecule has 2 fully saturated rings. The number of carboxylic acids is 1. The SMILES string of the molecule is COC1CCN(C(=O)N2CCN(C(C)C(=O)O)CC2)CC1. The van der Waals surface area contributed by atoms with Crippen LogP contribution in [0.5, 0.6) is 0 Å². The molecule has 0 aromatic rings. The molecular weight excluding hydrogens is 274 g/mol. The van der Waals surface area contributed by atoms with Gasteiger partial charge in [-0.05, 0) is 19.8 Å². The predicted octanol–water partition coefficient (Wildman–Crippen LogP) is 0.308. The van der Waals surface area contributed by atoms with Gasteiger partial charge in [0.15, 0.2) is 0 Å². The molecule has 7 nitrogen and oxygen atoms in total. The van der Waals surface area contributed by atoms with Crippen molar-refractivity contribution in [3.8, 4) is 0 Å². The predicted molar refractivity (Wildman–Crippen MR) is 77.2 cm³/mol. The number of aliphatic carboxylic acids is 1. The fourth-order valence-corrected chi connectivity index (χ4v) is 2.94. The second kappa shape index (κ2) is 7.09. The van der Waals surface area contributed by atoms with Crippen LogP contribution in [-0.2, 0) is 9.53 Å². The first kappa shape index (κ1) is 16.0. The smallest absolute Gasteiger partial charge is 0.320 e. The third-order valence-electron chi connectivity index (χ3n) is 4.54. The zero-order valence-electron chi connectivity index (χ0n) is 12.8. The molecule has 2 amide bonds. The van der Waals surface area contributed by atoms with E-state index in [4.69, 9.17) is 9.84 Å². The monoisotopic (exact) mass is 299 g/mol. The summed E-state index contributed by atoms with van der Waals surface area (Å²) in [6, 6.07) is -0.410. The Morgan fingerprint density at radius 1 is 1.05 bits per heavy atom. The number of piperidine rings is 1. The van der Waals surface area contributed by atoms with Crippen LogP contribution in [-0.4, -0.2) is 90.3 Å². The zero-order valence-corrected chi connectivity index (χ0v) is 12.8. The van der Waals surface area contributed by atoms with Crippen molar-refractivity contribution in [3.63, 3.8) is 0 Å². The Balaban J connectivity index is 1.79. The van der Waals surface area contributed by atoms with Crippen LogP contribution in [0.2, 0.25) is 0 Å². The van der Waals surface area contributed by atoms with E-state index in [9.17, 15) is 9.59 Å². The summed E-state index contributed by atoms with van der Waals surface area (Å²) in [5.74, 6) is -0.809.